The fourth-order valence-corrected chi connectivity index (χ4v) is 3.23. The second-order valence-electron chi connectivity index (χ2n) is 6.58. The van der Waals surface area contributed by atoms with E-state index < -0.39 is 0 Å². The quantitative estimate of drug-likeness (QED) is 0.690. The molecule has 29 heavy (non-hydrogen) atoms. The molecule has 1 N–H and O–H groups in total. The maximum atomic E-state index is 10.1. The summed E-state index contributed by atoms with van der Waals surface area (Å²) in [5, 5.41) is 10.1. The minimum Gasteiger partial charge on any atom is -0.508 e. The molecule has 2 heterocycles. The number of phenols is 1. The number of hydrogen-bond donors (Lipinski definition) is 1. The highest BCUT2D eigenvalue weighted by molar-refractivity contribution is 6.12. The van der Waals surface area contributed by atoms with Gasteiger partial charge >= 0.3 is 0 Å². The Kier molecular flexibility index (Phi) is 5.64. The van der Waals surface area contributed by atoms with Crippen molar-refractivity contribution < 1.29 is 24.1 Å². The van der Waals surface area contributed by atoms with E-state index in [-0.39, 0.29) is 5.75 Å². The van der Waals surface area contributed by atoms with Gasteiger partial charge in [0.25, 0.3) is 0 Å². The number of ether oxygens (including phenoxy) is 4. The van der Waals surface area contributed by atoms with Crippen LogP contribution in [0.25, 0.3) is 0 Å². The molecular formula is C21H23N3O5. The van der Waals surface area contributed by atoms with Gasteiger partial charge in [0, 0.05) is 31.4 Å². The third kappa shape index (κ3) is 3.90. The van der Waals surface area contributed by atoms with Crippen LogP contribution in [0, 0.1) is 0 Å². The minimum absolute atomic E-state index is 0.231. The first kappa shape index (κ1) is 19.2. The summed E-state index contributed by atoms with van der Waals surface area (Å²) in [7, 11) is 3.25. The topological polar surface area (TPSA) is 85.1 Å². The smallest absolute Gasteiger partial charge is 0.163 e. The third-order valence-electron chi connectivity index (χ3n) is 4.68. The average Bonchev–Trinajstić information content (AvgIpc) is 2.73. The van der Waals surface area contributed by atoms with Crippen LogP contribution in [0.4, 0.5) is 11.4 Å². The van der Waals surface area contributed by atoms with E-state index in [0.29, 0.717) is 44.5 Å². The van der Waals surface area contributed by atoms with Crippen LogP contribution in [-0.4, -0.2) is 62.8 Å². The van der Waals surface area contributed by atoms with Crippen molar-refractivity contribution in [3.8, 4) is 17.2 Å². The molecule has 2 aromatic carbocycles. The van der Waals surface area contributed by atoms with Gasteiger partial charge < -0.3 is 29.0 Å². The maximum Gasteiger partial charge on any atom is 0.163 e. The summed E-state index contributed by atoms with van der Waals surface area (Å²) in [5.74, 6) is 2.18. The van der Waals surface area contributed by atoms with E-state index >= 15 is 0 Å². The van der Waals surface area contributed by atoms with Crippen molar-refractivity contribution in [3.05, 3.63) is 41.5 Å². The SMILES string of the molecule is COCCOc1cc2c(cc1OCCOC)C1=Nc3cccc(O)c3CN1C=N2. The highest BCUT2D eigenvalue weighted by Crippen LogP contribution is 2.41. The summed E-state index contributed by atoms with van der Waals surface area (Å²) < 4.78 is 21.9. The zero-order valence-corrected chi connectivity index (χ0v) is 16.4. The van der Waals surface area contributed by atoms with E-state index in [1.54, 1.807) is 32.7 Å². The van der Waals surface area contributed by atoms with Crippen LogP contribution in [0.3, 0.4) is 0 Å². The Morgan fingerprint density at radius 1 is 0.966 bits per heavy atom. The van der Waals surface area contributed by atoms with Crippen molar-refractivity contribution in [1.82, 2.24) is 4.90 Å². The zero-order chi connectivity index (χ0) is 20.2. The number of rotatable bonds is 8. The molecule has 0 bridgehead atoms. The summed E-state index contributed by atoms with van der Waals surface area (Å²) in [5.41, 5.74) is 3.12. The fraction of sp³-hybridized carbons (Fsp3) is 0.333. The van der Waals surface area contributed by atoms with Gasteiger partial charge in [-0.1, -0.05) is 6.07 Å². The molecule has 2 aliphatic rings. The van der Waals surface area contributed by atoms with Crippen LogP contribution in [0.5, 0.6) is 17.2 Å². The monoisotopic (exact) mass is 397 g/mol. The van der Waals surface area contributed by atoms with Gasteiger partial charge in [0.2, 0.25) is 0 Å². The minimum atomic E-state index is 0.231. The molecule has 4 rings (SSSR count). The second-order valence-corrected chi connectivity index (χ2v) is 6.58. The van der Waals surface area contributed by atoms with Gasteiger partial charge in [0.05, 0.1) is 37.5 Å². The van der Waals surface area contributed by atoms with Crippen molar-refractivity contribution in [2.24, 2.45) is 9.98 Å². The summed E-state index contributed by atoms with van der Waals surface area (Å²) in [4.78, 5) is 11.2. The van der Waals surface area contributed by atoms with E-state index in [1.165, 1.54) is 0 Å². The lowest BCUT2D eigenvalue weighted by molar-refractivity contribution is 0.132. The van der Waals surface area contributed by atoms with E-state index in [1.807, 2.05) is 23.1 Å². The number of nitrogens with zero attached hydrogens (tertiary/aromatic N) is 3. The molecule has 0 aromatic heterocycles. The molecule has 0 unspecified atom stereocenters. The van der Waals surface area contributed by atoms with Gasteiger partial charge in [-0.25, -0.2) is 9.98 Å². The number of hydrogen-bond acceptors (Lipinski definition) is 8. The molecule has 0 aliphatic carbocycles. The number of aliphatic imine (C=N–C) groups is 2. The number of methoxy groups -OCH3 is 2. The number of aromatic hydroxyl groups is 1. The molecule has 8 nitrogen and oxygen atoms in total. The summed E-state index contributed by atoms with van der Waals surface area (Å²) >= 11 is 0. The van der Waals surface area contributed by atoms with Crippen LogP contribution in [0.15, 0.2) is 40.3 Å². The highest BCUT2D eigenvalue weighted by atomic mass is 16.5. The van der Waals surface area contributed by atoms with E-state index in [2.05, 4.69) is 4.99 Å². The predicted octanol–water partition coefficient (Wildman–Crippen LogP) is 3.01. The Hall–Kier alpha value is -3.10. The van der Waals surface area contributed by atoms with Crippen molar-refractivity contribution in [3.63, 3.8) is 0 Å². The van der Waals surface area contributed by atoms with Gasteiger partial charge in [-0.05, 0) is 18.2 Å². The Morgan fingerprint density at radius 3 is 2.41 bits per heavy atom. The van der Waals surface area contributed by atoms with Crippen molar-refractivity contribution in [1.29, 1.82) is 0 Å². The van der Waals surface area contributed by atoms with Crippen LogP contribution in [0.2, 0.25) is 0 Å². The van der Waals surface area contributed by atoms with Gasteiger partial charge in [0.1, 0.15) is 24.8 Å². The molecule has 2 aromatic rings. The molecule has 2 aliphatic heterocycles. The van der Waals surface area contributed by atoms with Gasteiger partial charge in [0.15, 0.2) is 11.5 Å². The van der Waals surface area contributed by atoms with E-state index in [9.17, 15) is 5.11 Å². The number of phenolic OH excluding ortho intramolecular Hbond substituents is 1. The molecule has 0 fully saturated rings. The summed E-state index contributed by atoms with van der Waals surface area (Å²) in [6.07, 6.45) is 1.72. The van der Waals surface area contributed by atoms with Crippen LogP contribution in [-0.2, 0) is 16.0 Å². The van der Waals surface area contributed by atoms with Gasteiger partial charge in [-0.2, -0.15) is 0 Å². The molecule has 0 spiro atoms. The van der Waals surface area contributed by atoms with Gasteiger partial charge in [-0.3, -0.25) is 0 Å². The first-order valence-corrected chi connectivity index (χ1v) is 9.33. The first-order valence-electron chi connectivity index (χ1n) is 9.33. The van der Waals surface area contributed by atoms with Crippen molar-refractivity contribution >= 4 is 23.5 Å². The normalized spacial score (nSPS) is 14.0. The van der Waals surface area contributed by atoms with Crippen molar-refractivity contribution in [2.75, 3.05) is 40.6 Å². The lowest BCUT2D eigenvalue weighted by atomic mass is 10.0. The second kappa shape index (κ2) is 8.50. The van der Waals surface area contributed by atoms with Crippen LogP contribution in [0.1, 0.15) is 11.1 Å². The first-order chi connectivity index (χ1) is 14.2. The van der Waals surface area contributed by atoms with E-state index in [0.717, 1.165) is 28.3 Å². The van der Waals surface area contributed by atoms with Crippen LogP contribution < -0.4 is 9.47 Å². The van der Waals surface area contributed by atoms with Gasteiger partial charge in [-0.15, -0.1) is 0 Å². The van der Waals surface area contributed by atoms with E-state index in [4.69, 9.17) is 23.9 Å². The molecule has 0 saturated heterocycles. The number of amidine groups is 1. The summed E-state index contributed by atoms with van der Waals surface area (Å²) in [6.45, 7) is 2.23. The fourth-order valence-electron chi connectivity index (χ4n) is 3.23. The largest absolute Gasteiger partial charge is 0.508 e. The van der Waals surface area contributed by atoms with Crippen molar-refractivity contribution in [2.45, 2.75) is 6.54 Å². The highest BCUT2D eigenvalue weighted by Gasteiger charge is 2.28. The van der Waals surface area contributed by atoms with Crippen LogP contribution >= 0.6 is 0 Å². The molecule has 0 amide bonds. The molecular weight excluding hydrogens is 374 g/mol. The molecule has 8 heteroatoms. The number of benzene rings is 2. The maximum absolute atomic E-state index is 10.1. The average molecular weight is 397 g/mol. The third-order valence-corrected chi connectivity index (χ3v) is 4.68. The Morgan fingerprint density at radius 2 is 1.69 bits per heavy atom. The molecule has 0 atom stereocenters. The molecule has 0 radical (unpaired) electrons. The lowest BCUT2D eigenvalue weighted by Crippen LogP contribution is -2.34. The molecule has 0 saturated carbocycles. The Balaban J connectivity index is 1.72. The number of fused-ring (bicyclic) bond motifs is 4. The predicted molar refractivity (Wildman–Crippen MR) is 109 cm³/mol. The summed E-state index contributed by atoms with van der Waals surface area (Å²) in [6, 6.07) is 9.09. The molecule has 152 valence electrons. The zero-order valence-electron chi connectivity index (χ0n) is 16.4. The Labute approximate surface area is 169 Å². The lowest BCUT2D eigenvalue weighted by Gasteiger charge is -2.31. The standard InChI is InChI=1S/C21H23N3O5/c1-26-6-8-28-19-10-14-17(11-20(19)29-9-7-27-2)22-13-24-12-15-16(23-21(14)24)4-3-5-18(15)25/h3-5,10-11,13,25H,6-9,12H2,1-2H3. The Bertz CT molecular complexity index is 958.